The van der Waals surface area contributed by atoms with Crippen LogP contribution in [0.3, 0.4) is 0 Å². The third kappa shape index (κ3) is 2.98. The molecule has 0 aliphatic heterocycles. The molecule has 0 amide bonds. The van der Waals surface area contributed by atoms with E-state index in [4.69, 9.17) is 10.5 Å². The lowest BCUT2D eigenvalue weighted by Crippen LogP contribution is -2.28. The molecule has 2 atom stereocenters. The zero-order valence-electron chi connectivity index (χ0n) is 11.6. The monoisotopic (exact) mass is 361 g/mol. The van der Waals surface area contributed by atoms with Crippen molar-refractivity contribution in [1.29, 1.82) is 0 Å². The van der Waals surface area contributed by atoms with E-state index in [0.29, 0.717) is 0 Å². The van der Waals surface area contributed by atoms with Gasteiger partial charge in [-0.25, -0.2) is 0 Å². The summed E-state index contributed by atoms with van der Waals surface area (Å²) in [5.74, 6) is 0.824. The lowest BCUT2D eigenvalue weighted by Gasteiger charge is -2.22. The van der Waals surface area contributed by atoms with Crippen LogP contribution < -0.4 is 10.5 Å². The Hall–Kier alpha value is -1.36. The standard InChI is InChI=1S/C17H16BrNOS/c1-11(19)17(15-7-4-10-21-15)20-14-9-8-12-5-2-3-6-13(12)16(14)18/h2-11,17H,19H2,1H3. The summed E-state index contributed by atoms with van der Waals surface area (Å²) in [6.07, 6.45) is -0.137. The van der Waals surface area contributed by atoms with E-state index < -0.39 is 0 Å². The minimum absolute atomic E-state index is 0.0815. The van der Waals surface area contributed by atoms with Gasteiger partial charge in [-0.15, -0.1) is 11.3 Å². The van der Waals surface area contributed by atoms with E-state index in [1.54, 1.807) is 11.3 Å². The average Bonchev–Trinajstić information content (AvgIpc) is 3.00. The minimum atomic E-state index is -0.137. The van der Waals surface area contributed by atoms with Crippen LogP contribution in [0.15, 0.2) is 58.4 Å². The highest BCUT2D eigenvalue weighted by molar-refractivity contribution is 9.10. The van der Waals surface area contributed by atoms with Crippen LogP contribution in [0.2, 0.25) is 0 Å². The highest BCUT2D eigenvalue weighted by Crippen LogP contribution is 2.36. The van der Waals surface area contributed by atoms with Crippen LogP contribution in [-0.4, -0.2) is 6.04 Å². The van der Waals surface area contributed by atoms with Crippen LogP contribution in [0.4, 0.5) is 0 Å². The average molecular weight is 362 g/mol. The summed E-state index contributed by atoms with van der Waals surface area (Å²) < 4.78 is 7.17. The molecule has 2 unspecified atom stereocenters. The van der Waals surface area contributed by atoms with E-state index in [1.165, 1.54) is 5.39 Å². The number of halogens is 1. The molecule has 0 saturated heterocycles. The van der Waals surface area contributed by atoms with Gasteiger partial charge in [0.05, 0.1) is 4.47 Å². The van der Waals surface area contributed by atoms with Gasteiger partial charge in [0, 0.05) is 10.9 Å². The number of rotatable bonds is 4. The van der Waals surface area contributed by atoms with Gasteiger partial charge in [0.25, 0.3) is 0 Å². The lowest BCUT2D eigenvalue weighted by atomic mass is 10.1. The van der Waals surface area contributed by atoms with Crippen molar-refractivity contribution < 1.29 is 4.74 Å². The Morgan fingerprint density at radius 3 is 2.62 bits per heavy atom. The molecule has 0 saturated carbocycles. The third-order valence-electron chi connectivity index (χ3n) is 3.38. The smallest absolute Gasteiger partial charge is 0.148 e. The van der Waals surface area contributed by atoms with Gasteiger partial charge in [0.2, 0.25) is 0 Å². The second-order valence-electron chi connectivity index (χ2n) is 5.01. The summed E-state index contributed by atoms with van der Waals surface area (Å²) in [7, 11) is 0. The summed E-state index contributed by atoms with van der Waals surface area (Å²) in [6, 6.07) is 16.3. The van der Waals surface area contributed by atoms with Crippen molar-refractivity contribution in [3.05, 3.63) is 63.3 Å². The van der Waals surface area contributed by atoms with Gasteiger partial charge in [-0.2, -0.15) is 0 Å². The molecule has 0 aliphatic carbocycles. The summed E-state index contributed by atoms with van der Waals surface area (Å²) in [4.78, 5) is 1.14. The molecule has 0 radical (unpaired) electrons. The van der Waals surface area contributed by atoms with E-state index in [-0.39, 0.29) is 12.1 Å². The predicted molar refractivity (Wildman–Crippen MR) is 93.0 cm³/mol. The van der Waals surface area contributed by atoms with Crippen molar-refractivity contribution in [1.82, 2.24) is 0 Å². The van der Waals surface area contributed by atoms with Crippen LogP contribution in [0.25, 0.3) is 10.8 Å². The van der Waals surface area contributed by atoms with Crippen molar-refractivity contribution in [3.8, 4) is 5.75 Å². The van der Waals surface area contributed by atoms with E-state index in [1.807, 2.05) is 36.6 Å². The number of hydrogen-bond acceptors (Lipinski definition) is 3. The first kappa shape index (κ1) is 14.6. The van der Waals surface area contributed by atoms with E-state index >= 15 is 0 Å². The summed E-state index contributed by atoms with van der Waals surface area (Å²) >= 11 is 5.33. The highest BCUT2D eigenvalue weighted by Gasteiger charge is 2.20. The number of nitrogens with two attached hydrogens (primary N) is 1. The van der Waals surface area contributed by atoms with E-state index in [9.17, 15) is 0 Å². The second kappa shape index (κ2) is 6.18. The molecule has 3 aromatic rings. The molecule has 0 bridgehead atoms. The van der Waals surface area contributed by atoms with E-state index in [2.05, 4.69) is 40.2 Å². The van der Waals surface area contributed by atoms with Gasteiger partial charge in [0.15, 0.2) is 0 Å². The van der Waals surface area contributed by atoms with Crippen LogP contribution in [-0.2, 0) is 0 Å². The Balaban J connectivity index is 1.98. The molecular formula is C17H16BrNOS. The minimum Gasteiger partial charge on any atom is -0.482 e. The zero-order valence-corrected chi connectivity index (χ0v) is 14.0. The molecule has 2 aromatic carbocycles. The van der Waals surface area contributed by atoms with Gasteiger partial charge in [0.1, 0.15) is 11.9 Å². The number of benzene rings is 2. The maximum Gasteiger partial charge on any atom is 0.148 e. The Morgan fingerprint density at radius 1 is 1.10 bits per heavy atom. The molecule has 1 heterocycles. The topological polar surface area (TPSA) is 35.2 Å². The largest absolute Gasteiger partial charge is 0.482 e. The van der Waals surface area contributed by atoms with Crippen LogP contribution in [0.5, 0.6) is 5.75 Å². The fourth-order valence-electron chi connectivity index (χ4n) is 2.32. The summed E-state index contributed by atoms with van der Waals surface area (Å²) in [5.41, 5.74) is 6.10. The number of ether oxygens (including phenoxy) is 1. The fraction of sp³-hybridized carbons (Fsp3) is 0.176. The van der Waals surface area contributed by atoms with Crippen molar-refractivity contribution in [2.75, 3.05) is 0 Å². The first-order chi connectivity index (χ1) is 10.2. The molecule has 0 spiro atoms. The van der Waals surface area contributed by atoms with Crippen LogP contribution in [0, 0.1) is 0 Å². The SMILES string of the molecule is CC(N)C(Oc1ccc2ccccc2c1Br)c1cccs1. The fourth-order valence-corrected chi connectivity index (χ4v) is 3.77. The first-order valence-electron chi connectivity index (χ1n) is 6.79. The molecule has 0 fully saturated rings. The number of fused-ring (bicyclic) bond motifs is 1. The molecule has 0 aliphatic rings. The molecule has 2 N–H and O–H groups in total. The van der Waals surface area contributed by atoms with E-state index in [0.717, 1.165) is 20.5 Å². The molecule has 108 valence electrons. The van der Waals surface area contributed by atoms with Crippen LogP contribution >= 0.6 is 27.3 Å². The van der Waals surface area contributed by atoms with Crippen molar-refractivity contribution >= 4 is 38.0 Å². The third-order valence-corrected chi connectivity index (χ3v) is 5.13. The van der Waals surface area contributed by atoms with Gasteiger partial charge in [-0.05, 0) is 51.1 Å². The molecule has 2 nitrogen and oxygen atoms in total. The number of hydrogen-bond donors (Lipinski definition) is 1. The van der Waals surface area contributed by atoms with Gasteiger partial charge < -0.3 is 10.5 Å². The van der Waals surface area contributed by atoms with Gasteiger partial charge >= 0.3 is 0 Å². The Labute approximate surface area is 136 Å². The normalized spacial score (nSPS) is 14.0. The zero-order chi connectivity index (χ0) is 14.8. The number of thiophene rings is 1. The Bertz CT molecular complexity index is 740. The van der Waals surface area contributed by atoms with Crippen molar-refractivity contribution in [3.63, 3.8) is 0 Å². The Morgan fingerprint density at radius 2 is 1.90 bits per heavy atom. The predicted octanol–water partition coefficient (Wildman–Crippen LogP) is 5.13. The van der Waals surface area contributed by atoms with Crippen molar-refractivity contribution in [2.45, 2.75) is 19.1 Å². The van der Waals surface area contributed by atoms with Crippen LogP contribution in [0.1, 0.15) is 17.9 Å². The summed E-state index contributed by atoms with van der Waals surface area (Å²) in [6.45, 7) is 1.97. The van der Waals surface area contributed by atoms with Gasteiger partial charge in [-0.3, -0.25) is 0 Å². The summed E-state index contributed by atoms with van der Waals surface area (Å²) in [5, 5.41) is 4.37. The maximum absolute atomic E-state index is 6.20. The quantitative estimate of drug-likeness (QED) is 0.698. The first-order valence-corrected chi connectivity index (χ1v) is 8.47. The molecule has 21 heavy (non-hydrogen) atoms. The molecule has 1 aromatic heterocycles. The highest BCUT2D eigenvalue weighted by atomic mass is 79.9. The second-order valence-corrected chi connectivity index (χ2v) is 6.78. The Kier molecular flexibility index (Phi) is 4.29. The van der Waals surface area contributed by atoms with Gasteiger partial charge in [-0.1, -0.05) is 36.4 Å². The molecule has 3 rings (SSSR count). The molecule has 4 heteroatoms. The molecular weight excluding hydrogens is 346 g/mol. The van der Waals surface area contributed by atoms with Crippen molar-refractivity contribution in [2.24, 2.45) is 5.73 Å². The maximum atomic E-state index is 6.20. The lowest BCUT2D eigenvalue weighted by molar-refractivity contribution is 0.183.